The van der Waals surface area contributed by atoms with Gasteiger partial charge in [-0.1, -0.05) is 11.6 Å². The number of hydrogen-bond acceptors (Lipinski definition) is 5. The number of alkyl halides is 1. The van der Waals surface area contributed by atoms with Crippen molar-refractivity contribution in [2.45, 2.75) is 24.7 Å². The maximum absolute atomic E-state index is 14.0. The van der Waals surface area contributed by atoms with E-state index in [0.717, 1.165) is 6.54 Å². The molecular weight excluding hydrogens is 259 g/mol. The van der Waals surface area contributed by atoms with Crippen LogP contribution in [0.25, 0.3) is 0 Å². The minimum atomic E-state index is -1.03. The number of nitrogens with two attached hydrogens (primary N) is 2. The van der Waals surface area contributed by atoms with Crippen LogP contribution in [0.15, 0.2) is 16.9 Å². The third-order valence-electron chi connectivity index (χ3n) is 3.37. The van der Waals surface area contributed by atoms with Gasteiger partial charge < -0.3 is 16.2 Å². The summed E-state index contributed by atoms with van der Waals surface area (Å²) in [6.07, 6.45) is 0.768. The van der Waals surface area contributed by atoms with E-state index in [4.69, 9.17) is 27.8 Å². The van der Waals surface area contributed by atoms with Crippen molar-refractivity contribution in [2.75, 3.05) is 26.3 Å². The molecule has 4 N–H and O–H groups in total. The summed E-state index contributed by atoms with van der Waals surface area (Å²) in [5.41, 5.74) is 10.9. The van der Waals surface area contributed by atoms with Gasteiger partial charge >= 0.3 is 0 Å². The van der Waals surface area contributed by atoms with Crippen LogP contribution in [-0.2, 0) is 4.74 Å². The Kier molecular flexibility index (Phi) is 4.42. The van der Waals surface area contributed by atoms with Gasteiger partial charge in [-0.25, -0.2) is 4.39 Å². The van der Waals surface area contributed by atoms with Gasteiger partial charge in [-0.2, -0.15) is 0 Å². The van der Waals surface area contributed by atoms with E-state index in [1.165, 1.54) is 6.20 Å². The summed E-state index contributed by atoms with van der Waals surface area (Å²) in [6.45, 7) is 2.58. The Bertz CT molecular complexity index is 359. The standard InChI is InChI=1S/C11H18ClFN4O/c12-11(9(15)3-14)16-10-1-2-17(4-8(10)13)7-5-18-6-7/h3,7-8,10H,1-2,4-6,14-15H2. The normalized spacial score (nSPS) is 32.3. The topological polar surface area (TPSA) is 76.9 Å². The Morgan fingerprint density at radius 2 is 2.22 bits per heavy atom. The van der Waals surface area contributed by atoms with Gasteiger partial charge in [0.2, 0.25) is 0 Å². The zero-order chi connectivity index (χ0) is 13.1. The van der Waals surface area contributed by atoms with Crippen molar-refractivity contribution >= 4 is 16.8 Å². The predicted molar refractivity (Wildman–Crippen MR) is 69.2 cm³/mol. The van der Waals surface area contributed by atoms with Crippen LogP contribution in [0, 0.1) is 0 Å². The van der Waals surface area contributed by atoms with Gasteiger partial charge in [-0.3, -0.25) is 9.89 Å². The zero-order valence-electron chi connectivity index (χ0n) is 10.1. The molecule has 5 nitrogen and oxygen atoms in total. The SMILES string of the molecule is NC=C(N)C(Cl)=NC1CCN(C2COC2)CC1F. The summed E-state index contributed by atoms with van der Waals surface area (Å²) in [5.74, 6) is 0. The molecule has 0 aromatic heterocycles. The number of aliphatic imine (C=N–C) groups is 1. The van der Waals surface area contributed by atoms with Crippen LogP contribution < -0.4 is 11.5 Å². The maximum atomic E-state index is 14.0. The largest absolute Gasteiger partial charge is 0.403 e. The van der Waals surface area contributed by atoms with Crippen LogP contribution in [0.4, 0.5) is 4.39 Å². The van der Waals surface area contributed by atoms with Crippen molar-refractivity contribution in [3.8, 4) is 0 Å². The smallest absolute Gasteiger partial charge is 0.148 e. The Labute approximate surface area is 111 Å². The first-order chi connectivity index (χ1) is 8.61. The zero-order valence-corrected chi connectivity index (χ0v) is 10.8. The number of rotatable bonds is 3. The highest BCUT2D eigenvalue weighted by Gasteiger charge is 2.35. The minimum Gasteiger partial charge on any atom is -0.403 e. The average Bonchev–Trinajstić information content (AvgIpc) is 2.29. The molecule has 0 aromatic rings. The lowest BCUT2D eigenvalue weighted by atomic mass is 10.0. The molecule has 0 amide bonds. The number of nitrogens with zero attached hydrogens (tertiary/aromatic N) is 2. The number of piperidine rings is 1. The number of halogens is 2. The molecule has 2 rings (SSSR count). The number of ether oxygens (including phenoxy) is 1. The summed E-state index contributed by atoms with van der Waals surface area (Å²) < 4.78 is 19.1. The fraction of sp³-hybridized carbons (Fsp3) is 0.727. The van der Waals surface area contributed by atoms with Gasteiger partial charge in [0.25, 0.3) is 0 Å². The summed E-state index contributed by atoms with van der Waals surface area (Å²) in [6, 6.07) is -0.0779. The molecule has 2 unspecified atom stereocenters. The van der Waals surface area contributed by atoms with Gasteiger partial charge in [-0.05, 0) is 6.42 Å². The van der Waals surface area contributed by atoms with Gasteiger partial charge in [-0.15, -0.1) is 0 Å². The molecule has 2 heterocycles. The molecule has 102 valence electrons. The van der Waals surface area contributed by atoms with E-state index in [1.807, 2.05) is 0 Å². The molecule has 2 atom stereocenters. The van der Waals surface area contributed by atoms with Crippen molar-refractivity contribution < 1.29 is 9.13 Å². The monoisotopic (exact) mass is 276 g/mol. The summed E-state index contributed by atoms with van der Waals surface area (Å²) in [5, 5.41) is 0.0885. The number of allylic oxidation sites excluding steroid dienone is 1. The van der Waals surface area contributed by atoms with Crippen LogP contribution in [0.3, 0.4) is 0 Å². The Morgan fingerprint density at radius 1 is 1.50 bits per heavy atom. The third kappa shape index (κ3) is 2.93. The van der Waals surface area contributed by atoms with Gasteiger partial charge in [0, 0.05) is 19.3 Å². The molecule has 0 aliphatic carbocycles. The fourth-order valence-electron chi connectivity index (χ4n) is 2.12. The molecule has 2 saturated heterocycles. The third-order valence-corrected chi connectivity index (χ3v) is 3.69. The lowest BCUT2D eigenvalue weighted by molar-refractivity contribution is -0.0801. The lowest BCUT2D eigenvalue weighted by Gasteiger charge is -2.41. The highest BCUT2D eigenvalue weighted by Crippen LogP contribution is 2.22. The predicted octanol–water partition coefficient (Wildman–Crippen LogP) is 0.194. The molecule has 2 fully saturated rings. The molecule has 0 spiro atoms. The molecule has 2 aliphatic rings. The van der Waals surface area contributed by atoms with Crippen LogP contribution in [0.2, 0.25) is 0 Å². The molecule has 0 bridgehead atoms. The quantitative estimate of drug-likeness (QED) is 0.722. The first-order valence-corrected chi connectivity index (χ1v) is 6.36. The van der Waals surface area contributed by atoms with E-state index in [2.05, 4.69) is 9.89 Å². The second kappa shape index (κ2) is 5.86. The highest BCUT2D eigenvalue weighted by atomic mass is 35.5. The van der Waals surface area contributed by atoms with Crippen molar-refractivity contribution in [3.63, 3.8) is 0 Å². The Balaban J connectivity index is 1.92. The van der Waals surface area contributed by atoms with Crippen molar-refractivity contribution in [1.82, 2.24) is 4.90 Å². The molecule has 0 saturated carbocycles. The average molecular weight is 277 g/mol. The highest BCUT2D eigenvalue weighted by molar-refractivity contribution is 6.69. The van der Waals surface area contributed by atoms with E-state index < -0.39 is 12.2 Å². The second-order valence-corrected chi connectivity index (χ2v) is 4.96. The van der Waals surface area contributed by atoms with Crippen molar-refractivity contribution in [3.05, 3.63) is 11.9 Å². The fourth-order valence-corrected chi connectivity index (χ4v) is 2.30. The van der Waals surface area contributed by atoms with Gasteiger partial charge in [0.05, 0.1) is 31.0 Å². The van der Waals surface area contributed by atoms with E-state index >= 15 is 0 Å². The molecule has 7 heteroatoms. The van der Waals surface area contributed by atoms with E-state index in [9.17, 15) is 4.39 Å². The second-order valence-electron chi connectivity index (χ2n) is 4.60. The summed E-state index contributed by atoms with van der Waals surface area (Å²) in [4.78, 5) is 6.21. The molecule has 18 heavy (non-hydrogen) atoms. The molecule has 0 radical (unpaired) electrons. The van der Waals surface area contributed by atoms with E-state index in [0.29, 0.717) is 32.2 Å². The molecular formula is C11H18ClFN4O. The van der Waals surface area contributed by atoms with Crippen molar-refractivity contribution in [1.29, 1.82) is 0 Å². The maximum Gasteiger partial charge on any atom is 0.148 e. The first kappa shape index (κ1) is 13.6. The Morgan fingerprint density at radius 3 is 2.72 bits per heavy atom. The molecule has 2 aliphatic heterocycles. The van der Waals surface area contributed by atoms with Crippen LogP contribution >= 0.6 is 11.6 Å². The van der Waals surface area contributed by atoms with Crippen LogP contribution in [0.1, 0.15) is 6.42 Å². The Hall–Kier alpha value is -0.850. The van der Waals surface area contributed by atoms with Crippen LogP contribution in [-0.4, -0.2) is 54.6 Å². The summed E-state index contributed by atoms with van der Waals surface area (Å²) in [7, 11) is 0. The minimum absolute atomic E-state index is 0.0885. The first-order valence-electron chi connectivity index (χ1n) is 5.98. The van der Waals surface area contributed by atoms with E-state index in [-0.39, 0.29) is 10.9 Å². The lowest BCUT2D eigenvalue weighted by Crippen LogP contribution is -2.55. The van der Waals surface area contributed by atoms with Gasteiger partial charge in [0.1, 0.15) is 11.3 Å². The van der Waals surface area contributed by atoms with Crippen LogP contribution in [0.5, 0.6) is 0 Å². The van der Waals surface area contributed by atoms with E-state index in [1.54, 1.807) is 0 Å². The number of hydrogen-bond donors (Lipinski definition) is 2. The van der Waals surface area contributed by atoms with Crippen molar-refractivity contribution in [2.24, 2.45) is 16.5 Å². The number of likely N-dealkylation sites (tertiary alicyclic amines) is 1. The summed E-state index contributed by atoms with van der Waals surface area (Å²) >= 11 is 5.84. The van der Waals surface area contributed by atoms with Gasteiger partial charge in [0.15, 0.2) is 0 Å². The molecule has 0 aromatic carbocycles.